The van der Waals surface area contributed by atoms with Crippen molar-refractivity contribution in [1.29, 1.82) is 0 Å². The van der Waals surface area contributed by atoms with Crippen LogP contribution in [0.5, 0.6) is 0 Å². The number of carbonyl (C=O) groups is 1. The fourth-order valence-corrected chi connectivity index (χ4v) is 8.54. The number of likely N-dealkylation sites (N-methyl/N-ethyl adjacent to an activating group) is 1. The maximum absolute atomic E-state index is 13.0. The van der Waals surface area contributed by atoms with Gasteiger partial charge in [-0.3, -0.25) is 13.8 Å². The summed E-state index contributed by atoms with van der Waals surface area (Å²) in [5.41, 5.74) is 0. The zero-order chi connectivity index (χ0) is 52.0. The molecule has 0 saturated heterocycles. The standard InChI is InChI=1S/C62H109N2O6P/c1-6-8-10-12-14-16-18-20-22-23-24-25-26-27-28-29-30-31-32-33-34-35-36-37-38-39-40-41-42-44-46-48-50-52-54-56-62(66)63-60(59-70-71(67,68)69-58-57-64(3,4)5)61(65)55-53-51-49-47-45-43-21-19-17-15-13-11-9-7-2/h8,10,14,16,20,22,24-25,27-28,30-31,33-34,36-37,39-40,60-61,65H,6-7,9,11-13,15,17-19,21,23,26,29,32,35,38,41-59H2,1-5H3,(H-,63,66,67,68)/p+1/b10-8-,16-14-,22-20-,25-24-,28-27-,31-30-,34-33-,37-36-,40-39-. The Morgan fingerprint density at radius 1 is 0.493 bits per heavy atom. The molecule has 0 radical (unpaired) electrons. The van der Waals surface area contributed by atoms with E-state index in [1.807, 2.05) is 21.1 Å². The van der Waals surface area contributed by atoms with Crippen LogP contribution in [0.2, 0.25) is 0 Å². The number of carbonyl (C=O) groups excluding carboxylic acids is 1. The van der Waals surface area contributed by atoms with E-state index in [1.54, 1.807) is 0 Å². The number of phosphoric acid groups is 1. The van der Waals surface area contributed by atoms with E-state index in [-0.39, 0.29) is 19.1 Å². The third-order valence-corrected chi connectivity index (χ3v) is 13.3. The molecule has 0 heterocycles. The van der Waals surface area contributed by atoms with E-state index in [4.69, 9.17) is 9.05 Å². The number of allylic oxidation sites excluding steroid dienone is 18. The van der Waals surface area contributed by atoms with Crippen molar-refractivity contribution >= 4 is 13.7 Å². The second-order valence-electron chi connectivity index (χ2n) is 20.3. The van der Waals surface area contributed by atoms with Gasteiger partial charge in [-0.25, -0.2) is 4.57 Å². The van der Waals surface area contributed by atoms with Crippen molar-refractivity contribution in [3.63, 3.8) is 0 Å². The van der Waals surface area contributed by atoms with Crippen LogP contribution in [0.3, 0.4) is 0 Å². The molecule has 0 aromatic heterocycles. The van der Waals surface area contributed by atoms with Gasteiger partial charge in [-0.05, 0) is 83.5 Å². The average molecular weight is 1010 g/mol. The maximum atomic E-state index is 13.0. The maximum Gasteiger partial charge on any atom is 0.472 e. The molecule has 71 heavy (non-hydrogen) atoms. The van der Waals surface area contributed by atoms with Gasteiger partial charge in [0.15, 0.2) is 0 Å². The van der Waals surface area contributed by atoms with Crippen LogP contribution in [0.15, 0.2) is 109 Å². The quantitative estimate of drug-likeness (QED) is 0.0243. The van der Waals surface area contributed by atoms with Gasteiger partial charge >= 0.3 is 7.82 Å². The highest BCUT2D eigenvalue weighted by molar-refractivity contribution is 7.47. The first-order valence-corrected chi connectivity index (χ1v) is 30.2. The van der Waals surface area contributed by atoms with Gasteiger partial charge < -0.3 is 19.8 Å². The van der Waals surface area contributed by atoms with Gasteiger partial charge in [0.2, 0.25) is 5.91 Å². The van der Waals surface area contributed by atoms with Crippen molar-refractivity contribution in [2.24, 2.45) is 0 Å². The number of hydrogen-bond acceptors (Lipinski definition) is 5. The Morgan fingerprint density at radius 3 is 1.24 bits per heavy atom. The fraction of sp³-hybridized carbons (Fsp3) is 0.694. The van der Waals surface area contributed by atoms with Gasteiger partial charge in [0, 0.05) is 6.42 Å². The summed E-state index contributed by atoms with van der Waals surface area (Å²) in [6.45, 7) is 4.76. The largest absolute Gasteiger partial charge is 0.472 e. The number of rotatable bonds is 51. The summed E-state index contributed by atoms with van der Waals surface area (Å²) in [5, 5.41) is 14.0. The molecule has 0 aliphatic heterocycles. The van der Waals surface area contributed by atoms with Crippen LogP contribution in [-0.4, -0.2) is 73.4 Å². The molecule has 3 unspecified atom stereocenters. The second-order valence-corrected chi connectivity index (χ2v) is 21.7. The summed E-state index contributed by atoms with van der Waals surface area (Å²) in [5.74, 6) is -0.160. The highest BCUT2D eigenvalue weighted by atomic mass is 31.2. The molecule has 0 saturated carbocycles. The Balaban J connectivity index is 4.17. The van der Waals surface area contributed by atoms with Gasteiger partial charge in [0.1, 0.15) is 13.2 Å². The molecule has 0 fully saturated rings. The Morgan fingerprint density at radius 2 is 0.845 bits per heavy atom. The molecule has 9 heteroatoms. The lowest BCUT2D eigenvalue weighted by atomic mass is 10.0. The number of quaternary nitrogens is 1. The third-order valence-electron chi connectivity index (χ3n) is 12.3. The number of aliphatic hydroxyl groups excluding tert-OH is 1. The molecule has 8 nitrogen and oxygen atoms in total. The van der Waals surface area contributed by atoms with E-state index in [0.717, 1.165) is 109 Å². The van der Waals surface area contributed by atoms with Gasteiger partial charge in [-0.15, -0.1) is 0 Å². The lowest BCUT2D eigenvalue weighted by Crippen LogP contribution is -2.46. The summed E-state index contributed by atoms with van der Waals surface area (Å²) in [6, 6.07) is -0.774. The number of unbranched alkanes of at least 4 members (excludes halogenated alkanes) is 20. The van der Waals surface area contributed by atoms with Crippen LogP contribution in [0, 0.1) is 0 Å². The SMILES string of the molecule is CC/C=C\C/C=C\C/C=C\C/C=C\C/C=C\C/C=C\C/C=C\C/C=C\C/C=C\CCCCCCCCCC(=O)NC(COP(=O)(O)OCC[N+](C)(C)C)C(O)CCCCCCCCCCCCCCCC. The summed E-state index contributed by atoms with van der Waals surface area (Å²) < 4.78 is 23.7. The smallest absolute Gasteiger partial charge is 0.391 e. The number of nitrogens with one attached hydrogen (secondary N) is 1. The minimum absolute atomic E-state index is 0.0670. The monoisotopic (exact) mass is 1010 g/mol. The van der Waals surface area contributed by atoms with Gasteiger partial charge in [0.25, 0.3) is 0 Å². The Bertz CT molecular complexity index is 1520. The van der Waals surface area contributed by atoms with E-state index in [2.05, 4.69) is 129 Å². The summed E-state index contributed by atoms with van der Waals surface area (Å²) >= 11 is 0. The Labute approximate surface area is 438 Å². The van der Waals surface area contributed by atoms with Crippen LogP contribution in [0.4, 0.5) is 0 Å². The Hall–Kier alpha value is -2.84. The molecular formula is C62H110N2O6P+. The predicted octanol–water partition coefficient (Wildman–Crippen LogP) is 17.6. The normalized spacial score (nSPS) is 14.7. The van der Waals surface area contributed by atoms with Crippen LogP contribution >= 0.6 is 7.82 Å². The van der Waals surface area contributed by atoms with Crippen molar-refractivity contribution in [3.8, 4) is 0 Å². The summed E-state index contributed by atoms with van der Waals surface area (Å²) in [7, 11) is 1.59. The minimum atomic E-state index is -4.33. The zero-order valence-corrected chi connectivity index (χ0v) is 47.3. The van der Waals surface area contributed by atoms with E-state index >= 15 is 0 Å². The molecule has 1 amide bonds. The van der Waals surface area contributed by atoms with E-state index < -0.39 is 20.0 Å². The second kappa shape index (κ2) is 52.0. The minimum Gasteiger partial charge on any atom is -0.391 e. The molecule has 0 aromatic carbocycles. The highest BCUT2D eigenvalue weighted by Crippen LogP contribution is 2.43. The topological polar surface area (TPSA) is 105 Å². The van der Waals surface area contributed by atoms with Crippen LogP contribution in [-0.2, 0) is 18.4 Å². The lowest BCUT2D eigenvalue weighted by molar-refractivity contribution is -0.870. The number of nitrogens with zero attached hydrogens (tertiary/aromatic N) is 1. The average Bonchev–Trinajstić information content (AvgIpc) is 3.33. The van der Waals surface area contributed by atoms with Crippen LogP contribution < -0.4 is 5.32 Å². The lowest BCUT2D eigenvalue weighted by Gasteiger charge is -2.26. The van der Waals surface area contributed by atoms with Crippen LogP contribution in [0.25, 0.3) is 0 Å². The summed E-state index contributed by atoms with van der Waals surface area (Å²) in [4.78, 5) is 23.3. The van der Waals surface area contributed by atoms with Crippen molar-refractivity contribution < 1.29 is 32.9 Å². The summed E-state index contributed by atoms with van der Waals surface area (Å²) in [6.07, 6.45) is 75.7. The van der Waals surface area contributed by atoms with Crippen molar-refractivity contribution in [2.45, 2.75) is 238 Å². The van der Waals surface area contributed by atoms with Crippen molar-refractivity contribution in [3.05, 3.63) is 109 Å². The first kappa shape index (κ1) is 68.2. The molecule has 3 N–H and O–H groups in total. The molecule has 3 atom stereocenters. The van der Waals surface area contributed by atoms with E-state index in [0.29, 0.717) is 23.9 Å². The molecule has 408 valence electrons. The number of aliphatic hydroxyl groups is 1. The van der Waals surface area contributed by atoms with Crippen molar-refractivity contribution in [2.75, 3.05) is 40.9 Å². The van der Waals surface area contributed by atoms with Gasteiger partial charge in [0.05, 0.1) is 39.9 Å². The first-order chi connectivity index (χ1) is 34.5. The number of phosphoric ester groups is 1. The third kappa shape index (κ3) is 54.8. The molecule has 0 aromatic rings. The molecule has 0 bridgehead atoms. The van der Waals surface area contributed by atoms with E-state index in [1.165, 1.54) is 89.9 Å². The molecule has 0 aliphatic carbocycles. The zero-order valence-electron chi connectivity index (χ0n) is 46.4. The molecule has 0 rings (SSSR count). The Kier molecular flexibility index (Phi) is 50.0. The van der Waals surface area contributed by atoms with Gasteiger partial charge in [-0.2, -0.15) is 0 Å². The van der Waals surface area contributed by atoms with Gasteiger partial charge in [-0.1, -0.05) is 245 Å². The van der Waals surface area contributed by atoms with E-state index in [9.17, 15) is 19.4 Å². The molecular weight excluding hydrogens is 900 g/mol. The molecule has 0 aliphatic rings. The number of amides is 1. The first-order valence-electron chi connectivity index (χ1n) is 28.8. The number of hydrogen-bond donors (Lipinski definition) is 3. The molecule has 0 spiro atoms. The fourth-order valence-electron chi connectivity index (χ4n) is 7.80. The van der Waals surface area contributed by atoms with Crippen molar-refractivity contribution in [1.82, 2.24) is 5.32 Å². The van der Waals surface area contributed by atoms with Crippen LogP contribution in [0.1, 0.15) is 226 Å². The highest BCUT2D eigenvalue weighted by Gasteiger charge is 2.28. The predicted molar refractivity (Wildman–Crippen MR) is 309 cm³/mol.